The number of benzene rings is 1. The number of hydrogen-bond acceptors (Lipinski definition) is 3. The number of furan rings is 1. The van der Waals surface area contributed by atoms with E-state index in [4.69, 9.17) is 4.42 Å². The molecule has 2 rings (SSSR count). The van der Waals surface area contributed by atoms with E-state index in [1.54, 1.807) is 37.4 Å². The molecule has 0 unspecified atom stereocenters. The Morgan fingerprint density at radius 1 is 1.20 bits per heavy atom. The topological polar surface area (TPSA) is 71.3 Å². The maximum absolute atomic E-state index is 11.9. The van der Waals surface area contributed by atoms with Gasteiger partial charge in [-0.15, -0.1) is 0 Å². The van der Waals surface area contributed by atoms with Crippen LogP contribution in [0.5, 0.6) is 0 Å². The van der Waals surface area contributed by atoms with Gasteiger partial charge in [-0.25, -0.2) is 0 Å². The van der Waals surface area contributed by atoms with E-state index in [2.05, 4.69) is 26.6 Å². The van der Waals surface area contributed by atoms with Crippen molar-refractivity contribution in [1.29, 1.82) is 0 Å². The molecule has 20 heavy (non-hydrogen) atoms. The Kier molecular flexibility index (Phi) is 4.57. The Bertz CT molecular complexity index is 620. The fourth-order valence-electron chi connectivity index (χ4n) is 1.63. The summed E-state index contributed by atoms with van der Waals surface area (Å²) in [6.07, 6.45) is 1.75. The third-order valence-corrected chi connectivity index (χ3v) is 3.33. The number of nitrogens with one attached hydrogen (secondary N) is 2. The van der Waals surface area contributed by atoms with Crippen LogP contribution in [0.2, 0.25) is 0 Å². The van der Waals surface area contributed by atoms with Crippen LogP contribution >= 0.6 is 15.9 Å². The van der Waals surface area contributed by atoms with Gasteiger partial charge in [0.05, 0.1) is 18.2 Å². The standard InChI is InChI=1S/C14H13BrN2O3/c1-16-12(18)8-9-2-4-10(5-3-9)17-14(19)11-6-7-20-13(11)15/h2-7H,8H2,1H3,(H,16,18)(H,17,19). The monoisotopic (exact) mass is 336 g/mol. The lowest BCUT2D eigenvalue weighted by atomic mass is 10.1. The fraction of sp³-hybridized carbons (Fsp3) is 0.143. The maximum Gasteiger partial charge on any atom is 0.260 e. The predicted octanol–water partition coefficient (Wildman–Crippen LogP) is 2.58. The fourth-order valence-corrected chi connectivity index (χ4v) is 2.05. The summed E-state index contributed by atoms with van der Waals surface area (Å²) >= 11 is 3.15. The van der Waals surface area contributed by atoms with Gasteiger partial charge in [-0.2, -0.15) is 0 Å². The largest absolute Gasteiger partial charge is 0.457 e. The van der Waals surface area contributed by atoms with Crippen LogP contribution in [-0.2, 0) is 11.2 Å². The highest BCUT2D eigenvalue weighted by Crippen LogP contribution is 2.19. The zero-order valence-corrected chi connectivity index (χ0v) is 12.4. The van der Waals surface area contributed by atoms with E-state index in [0.29, 0.717) is 22.3 Å². The SMILES string of the molecule is CNC(=O)Cc1ccc(NC(=O)c2ccoc2Br)cc1. The number of likely N-dealkylation sites (N-methyl/N-ethyl adjacent to an activating group) is 1. The van der Waals surface area contributed by atoms with Crippen molar-refractivity contribution in [1.82, 2.24) is 5.32 Å². The molecule has 5 nitrogen and oxygen atoms in total. The number of anilines is 1. The first-order valence-corrected chi connectivity index (χ1v) is 6.73. The first-order chi connectivity index (χ1) is 9.60. The van der Waals surface area contributed by atoms with Crippen LogP contribution in [-0.4, -0.2) is 18.9 Å². The normalized spacial score (nSPS) is 10.1. The molecule has 2 N–H and O–H groups in total. The molecule has 0 bridgehead atoms. The highest BCUT2D eigenvalue weighted by Gasteiger charge is 2.12. The highest BCUT2D eigenvalue weighted by atomic mass is 79.9. The van der Waals surface area contributed by atoms with Gasteiger partial charge in [0.15, 0.2) is 4.67 Å². The Morgan fingerprint density at radius 3 is 2.45 bits per heavy atom. The number of halogens is 1. The Labute approximate surface area is 124 Å². The van der Waals surface area contributed by atoms with E-state index in [1.807, 2.05) is 0 Å². The average Bonchev–Trinajstić information content (AvgIpc) is 2.87. The van der Waals surface area contributed by atoms with Crippen molar-refractivity contribution in [2.45, 2.75) is 6.42 Å². The van der Waals surface area contributed by atoms with Crippen molar-refractivity contribution in [3.8, 4) is 0 Å². The number of rotatable bonds is 4. The molecule has 104 valence electrons. The summed E-state index contributed by atoms with van der Waals surface area (Å²) in [5.41, 5.74) is 1.97. The molecule has 0 aliphatic rings. The van der Waals surface area contributed by atoms with Gasteiger partial charge in [0.2, 0.25) is 5.91 Å². The quantitative estimate of drug-likeness (QED) is 0.901. The van der Waals surface area contributed by atoms with E-state index >= 15 is 0 Å². The number of carbonyl (C=O) groups excluding carboxylic acids is 2. The zero-order chi connectivity index (χ0) is 14.5. The maximum atomic E-state index is 11.9. The van der Waals surface area contributed by atoms with Gasteiger partial charge in [-0.3, -0.25) is 9.59 Å². The highest BCUT2D eigenvalue weighted by molar-refractivity contribution is 9.10. The van der Waals surface area contributed by atoms with E-state index in [9.17, 15) is 9.59 Å². The number of amides is 2. The summed E-state index contributed by atoms with van der Waals surface area (Å²) < 4.78 is 5.40. The Hall–Kier alpha value is -2.08. The molecule has 0 spiro atoms. The number of carbonyl (C=O) groups is 2. The molecule has 0 saturated carbocycles. The van der Waals surface area contributed by atoms with E-state index < -0.39 is 0 Å². The minimum atomic E-state index is -0.260. The van der Waals surface area contributed by atoms with Gasteiger partial charge in [-0.1, -0.05) is 12.1 Å². The first-order valence-electron chi connectivity index (χ1n) is 5.94. The van der Waals surface area contributed by atoms with Gasteiger partial charge in [0.1, 0.15) is 0 Å². The third-order valence-electron chi connectivity index (χ3n) is 2.72. The Balaban J connectivity index is 2.02. The molecule has 0 radical (unpaired) electrons. The third kappa shape index (κ3) is 3.48. The second kappa shape index (κ2) is 6.38. The summed E-state index contributed by atoms with van der Waals surface area (Å²) in [6, 6.07) is 8.69. The van der Waals surface area contributed by atoms with Crippen LogP contribution in [0.25, 0.3) is 0 Å². The molecule has 1 aromatic carbocycles. The van der Waals surface area contributed by atoms with Gasteiger partial charge in [0.25, 0.3) is 5.91 Å². The molecular weight excluding hydrogens is 324 g/mol. The molecule has 0 saturated heterocycles. The van der Waals surface area contributed by atoms with Gasteiger partial charge in [0, 0.05) is 12.7 Å². The van der Waals surface area contributed by atoms with Crippen LogP contribution in [0.3, 0.4) is 0 Å². The number of hydrogen-bond donors (Lipinski definition) is 2. The van der Waals surface area contributed by atoms with Crippen molar-refractivity contribution >= 4 is 33.4 Å². The van der Waals surface area contributed by atoms with Crippen LogP contribution in [0.15, 0.2) is 45.7 Å². The summed E-state index contributed by atoms with van der Waals surface area (Å²) in [7, 11) is 1.60. The lowest BCUT2D eigenvalue weighted by Crippen LogP contribution is -2.19. The molecule has 1 heterocycles. The van der Waals surface area contributed by atoms with Crippen molar-refractivity contribution in [2.75, 3.05) is 12.4 Å². The molecule has 0 aliphatic carbocycles. The average molecular weight is 337 g/mol. The molecule has 1 aromatic heterocycles. The van der Waals surface area contributed by atoms with E-state index in [0.717, 1.165) is 5.56 Å². The molecular formula is C14H13BrN2O3. The van der Waals surface area contributed by atoms with Crippen LogP contribution in [0.1, 0.15) is 15.9 Å². The smallest absolute Gasteiger partial charge is 0.260 e. The second-order valence-corrected chi connectivity index (χ2v) is 4.83. The van der Waals surface area contributed by atoms with Gasteiger partial charge in [-0.05, 0) is 39.7 Å². The zero-order valence-electron chi connectivity index (χ0n) is 10.8. The molecule has 0 fully saturated rings. The second-order valence-electron chi connectivity index (χ2n) is 4.11. The van der Waals surface area contributed by atoms with E-state index in [-0.39, 0.29) is 11.8 Å². The minimum absolute atomic E-state index is 0.0517. The summed E-state index contributed by atoms with van der Waals surface area (Å²) in [5.74, 6) is -0.311. The van der Waals surface area contributed by atoms with Crippen molar-refractivity contribution in [3.05, 3.63) is 52.4 Å². The van der Waals surface area contributed by atoms with Crippen LogP contribution in [0.4, 0.5) is 5.69 Å². The molecule has 6 heteroatoms. The van der Waals surface area contributed by atoms with Crippen molar-refractivity contribution in [3.63, 3.8) is 0 Å². The van der Waals surface area contributed by atoms with Gasteiger partial charge >= 0.3 is 0 Å². The molecule has 0 aliphatic heterocycles. The Morgan fingerprint density at radius 2 is 1.90 bits per heavy atom. The first kappa shape index (κ1) is 14.3. The minimum Gasteiger partial charge on any atom is -0.457 e. The lowest BCUT2D eigenvalue weighted by molar-refractivity contribution is -0.119. The van der Waals surface area contributed by atoms with Crippen LogP contribution < -0.4 is 10.6 Å². The summed E-state index contributed by atoms with van der Waals surface area (Å²) in [4.78, 5) is 23.2. The van der Waals surface area contributed by atoms with Crippen molar-refractivity contribution in [2.24, 2.45) is 0 Å². The van der Waals surface area contributed by atoms with Crippen LogP contribution in [0, 0.1) is 0 Å². The van der Waals surface area contributed by atoms with Crippen molar-refractivity contribution < 1.29 is 14.0 Å². The predicted molar refractivity (Wildman–Crippen MR) is 78.6 cm³/mol. The molecule has 2 amide bonds. The molecule has 2 aromatic rings. The van der Waals surface area contributed by atoms with E-state index in [1.165, 1.54) is 6.26 Å². The molecule has 0 atom stereocenters. The lowest BCUT2D eigenvalue weighted by Gasteiger charge is -2.05. The van der Waals surface area contributed by atoms with Gasteiger partial charge < -0.3 is 15.1 Å². The summed E-state index contributed by atoms with van der Waals surface area (Å²) in [5, 5.41) is 5.31. The summed E-state index contributed by atoms with van der Waals surface area (Å²) in [6.45, 7) is 0.